The first-order valence-electron chi connectivity index (χ1n) is 7.25. The van der Waals surface area contributed by atoms with Crippen LogP contribution in [0.4, 0.5) is 0 Å². The number of aliphatic carboxylic acids is 1. The van der Waals surface area contributed by atoms with Crippen LogP contribution in [0.15, 0.2) is 0 Å². The van der Waals surface area contributed by atoms with Crippen molar-refractivity contribution in [3.63, 3.8) is 0 Å². The third-order valence-electron chi connectivity index (χ3n) is 4.25. The number of imide groups is 1. The molecule has 2 unspecified atom stereocenters. The summed E-state index contributed by atoms with van der Waals surface area (Å²) in [5.74, 6) is -1.78. The average molecular weight is 296 g/mol. The molecule has 2 rings (SSSR count). The van der Waals surface area contributed by atoms with E-state index in [4.69, 9.17) is 5.11 Å². The van der Waals surface area contributed by atoms with Crippen molar-refractivity contribution in [1.29, 1.82) is 0 Å². The average Bonchev–Trinajstić information content (AvgIpc) is 2.75. The van der Waals surface area contributed by atoms with Gasteiger partial charge in [-0.3, -0.25) is 24.1 Å². The van der Waals surface area contributed by atoms with Crippen molar-refractivity contribution in [2.45, 2.75) is 45.1 Å². The fourth-order valence-electron chi connectivity index (χ4n) is 2.99. The van der Waals surface area contributed by atoms with Gasteiger partial charge in [0.25, 0.3) is 0 Å². The van der Waals surface area contributed by atoms with Crippen LogP contribution in [0.1, 0.15) is 39.0 Å². The Morgan fingerprint density at radius 2 is 1.86 bits per heavy atom. The Hall–Kier alpha value is -1.92. The molecule has 116 valence electrons. The highest BCUT2D eigenvalue weighted by molar-refractivity contribution is 6.02. The number of hydrogen-bond acceptors (Lipinski definition) is 4. The summed E-state index contributed by atoms with van der Waals surface area (Å²) in [6, 6.07) is -0.127. The lowest BCUT2D eigenvalue weighted by Gasteiger charge is -2.36. The molecule has 2 aliphatic heterocycles. The molecule has 21 heavy (non-hydrogen) atoms. The molecule has 0 aromatic carbocycles. The Morgan fingerprint density at radius 1 is 1.24 bits per heavy atom. The van der Waals surface area contributed by atoms with Crippen LogP contribution in [-0.2, 0) is 19.2 Å². The monoisotopic (exact) mass is 296 g/mol. The summed E-state index contributed by atoms with van der Waals surface area (Å²) in [4.78, 5) is 48.9. The van der Waals surface area contributed by atoms with Gasteiger partial charge in [0.05, 0.1) is 5.92 Å². The molecule has 7 nitrogen and oxygen atoms in total. The zero-order valence-electron chi connectivity index (χ0n) is 12.1. The van der Waals surface area contributed by atoms with Crippen molar-refractivity contribution in [1.82, 2.24) is 9.80 Å². The first kappa shape index (κ1) is 15.5. The third kappa shape index (κ3) is 3.40. The maximum Gasteiger partial charge on any atom is 0.306 e. The normalized spacial score (nSPS) is 26.3. The molecule has 2 atom stereocenters. The second-order valence-corrected chi connectivity index (χ2v) is 5.68. The van der Waals surface area contributed by atoms with Crippen LogP contribution >= 0.6 is 0 Å². The summed E-state index contributed by atoms with van der Waals surface area (Å²) in [5.41, 5.74) is 0. The fraction of sp³-hybridized carbons (Fsp3) is 0.714. The van der Waals surface area contributed by atoms with Gasteiger partial charge in [0, 0.05) is 38.4 Å². The molecular formula is C14H20N2O5. The molecule has 0 spiro atoms. The number of piperidine rings is 1. The summed E-state index contributed by atoms with van der Waals surface area (Å²) in [6.07, 6.45) is 1.47. The zero-order chi connectivity index (χ0) is 15.6. The Morgan fingerprint density at radius 3 is 2.38 bits per heavy atom. The van der Waals surface area contributed by atoms with E-state index in [1.165, 1.54) is 0 Å². The molecule has 0 saturated carbocycles. The predicted molar refractivity (Wildman–Crippen MR) is 72.1 cm³/mol. The lowest BCUT2D eigenvalue weighted by Crippen LogP contribution is -2.47. The lowest BCUT2D eigenvalue weighted by atomic mass is 9.91. The van der Waals surface area contributed by atoms with Gasteiger partial charge in [-0.1, -0.05) is 0 Å². The van der Waals surface area contributed by atoms with E-state index in [9.17, 15) is 19.2 Å². The topological polar surface area (TPSA) is 95.0 Å². The number of hydrogen-bond donors (Lipinski definition) is 1. The first-order valence-corrected chi connectivity index (χ1v) is 7.25. The SMILES string of the molecule is CC1CC(C(=O)O)CCN1C(=O)CCN1C(=O)CCC1=O. The predicted octanol–water partition coefficient (Wildman–Crippen LogP) is 0.237. The maximum absolute atomic E-state index is 12.2. The summed E-state index contributed by atoms with van der Waals surface area (Å²) in [6.45, 7) is 2.38. The van der Waals surface area contributed by atoms with E-state index < -0.39 is 11.9 Å². The Labute approximate surface area is 122 Å². The molecule has 7 heteroatoms. The molecule has 0 aromatic heterocycles. The number of likely N-dealkylation sites (tertiary alicyclic amines) is 2. The van der Waals surface area contributed by atoms with E-state index in [1.54, 1.807) is 4.90 Å². The summed E-state index contributed by atoms with van der Waals surface area (Å²) < 4.78 is 0. The zero-order valence-corrected chi connectivity index (χ0v) is 12.1. The molecular weight excluding hydrogens is 276 g/mol. The van der Waals surface area contributed by atoms with E-state index >= 15 is 0 Å². The van der Waals surface area contributed by atoms with Gasteiger partial charge in [-0.25, -0.2) is 0 Å². The van der Waals surface area contributed by atoms with Crippen LogP contribution in [0.3, 0.4) is 0 Å². The van der Waals surface area contributed by atoms with Crippen molar-refractivity contribution < 1.29 is 24.3 Å². The van der Waals surface area contributed by atoms with Crippen molar-refractivity contribution in [2.24, 2.45) is 5.92 Å². The molecule has 2 fully saturated rings. The molecule has 2 saturated heterocycles. The number of carboxylic acid groups (broad SMARTS) is 1. The van der Waals surface area contributed by atoms with E-state index in [1.807, 2.05) is 6.92 Å². The Balaban J connectivity index is 1.85. The number of nitrogens with zero attached hydrogens (tertiary/aromatic N) is 2. The smallest absolute Gasteiger partial charge is 0.306 e. The van der Waals surface area contributed by atoms with Crippen molar-refractivity contribution in [3.8, 4) is 0 Å². The van der Waals surface area contributed by atoms with E-state index in [0.717, 1.165) is 4.90 Å². The van der Waals surface area contributed by atoms with Crippen LogP contribution in [0, 0.1) is 5.92 Å². The molecule has 3 amide bonds. The van der Waals surface area contributed by atoms with Crippen molar-refractivity contribution in [3.05, 3.63) is 0 Å². The number of amides is 3. The molecule has 2 aliphatic rings. The van der Waals surface area contributed by atoms with Gasteiger partial charge < -0.3 is 10.0 Å². The second kappa shape index (κ2) is 6.24. The van der Waals surface area contributed by atoms with Crippen LogP contribution in [0.25, 0.3) is 0 Å². The molecule has 0 aliphatic carbocycles. The van der Waals surface area contributed by atoms with E-state index in [2.05, 4.69) is 0 Å². The van der Waals surface area contributed by atoms with Crippen LogP contribution in [0.2, 0.25) is 0 Å². The standard InChI is InChI=1S/C14H20N2O5/c1-9-8-10(14(20)21)4-6-15(9)13(19)5-7-16-11(17)2-3-12(16)18/h9-10H,2-8H2,1H3,(H,20,21). The summed E-state index contributed by atoms with van der Waals surface area (Å²) in [7, 11) is 0. The van der Waals surface area contributed by atoms with Gasteiger partial charge in [0.15, 0.2) is 0 Å². The number of rotatable bonds is 4. The molecule has 1 N–H and O–H groups in total. The number of carbonyl (C=O) groups is 4. The van der Waals surface area contributed by atoms with E-state index in [0.29, 0.717) is 19.4 Å². The summed E-state index contributed by atoms with van der Waals surface area (Å²) >= 11 is 0. The largest absolute Gasteiger partial charge is 0.481 e. The van der Waals surface area contributed by atoms with E-state index in [-0.39, 0.29) is 49.6 Å². The fourth-order valence-corrected chi connectivity index (χ4v) is 2.99. The first-order chi connectivity index (χ1) is 9.90. The summed E-state index contributed by atoms with van der Waals surface area (Å²) in [5, 5.41) is 9.00. The van der Waals surface area contributed by atoms with Gasteiger partial charge >= 0.3 is 5.97 Å². The van der Waals surface area contributed by atoms with Gasteiger partial charge in [0.1, 0.15) is 0 Å². The highest BCUT2D eigenvalue weighted by Gasteiger charge is 2.33. The highest BCUT2D eigenvalue weighted by Crippen LogP contribution is 2.24. The van der Waals surface area contributed by atoms with Gasteiger partial charge in [-0.2, -0.15) is 0 Å². The minimum atomic E-state index is -0.817. The van der Waals surface area contributed by atoms with Gasteiger partial charge in [0.2, 0.25) is 17.7 Å². The Bertz CT molecular complexity index is 460. The number of carboxylic acids is 1. The molecule has 0 radical (unpaired) electrons. The number of carbonyl (C=O) groups excluding carboxylic acids is 3. The molecule has 2 heterocycles. The van der Waals surface area contributed by atoms with Crippen molar-refractivity contribution in [2.75, 3.05) is 13.1 Å². The molecule has 0 aromatic rings. The highest BCUT2D eigenvalue weighted by atomic mass is 16.4. The maximum atomic E-state index is 12.2. The second-order valence-electron chi connectivity index (χ2n) is 5.68. The van der Waals surface area contributed by atoms with Crippen molar-refractivity contribution >= 4 is 23.7 Å². The lowest BCUT2D eigenvalue weighted by molar-refractivity contribution is -0.148. The van der Waals surface area contributed by atoms with Crippen LogP contribution in [-0.4, -0.2) is 57.7 Å². The van der Waals surface area contributed by atoms with Crippen LogP contribution in [0.5, 0.6) is 0 Å². The van der Waals surface area contributed by atoms with Crippen LogP contribution < -0.4 is 0 Å². The minimum Gasteiger partial charge on any atom is -0.481 e. The quantitative estimate of drug-likeness (QED) is 0.750. The Kier molecular flexibility index (Phi) is 4.59. The minimum absolute atomic E-state index is 0.111. The molecule has 0 bridgehead atoms. The third-order valence-corrected chi connectivity index (χ3v) is 4.25. The van der Waals surface area contributed by atoms with Gasteiger partial charge in [-0.15, -0.1) is 0 Å². The van der Waals surface area contributed by atoms with Gasteiger partial charge in [-0.05, 0) is 19.8 Å².